The number of hydrogen-bond acceptors (Lipinski definition) is 3. The van der Waals surface area contributed by atoms with Crippen LogP contribution in [-0.2, 0) is 0 Å². The van der Waals surface area contributed by atoms with Crippen molar-refractivity contribution in [2.45, 2.75) is 0 Å². The third kappa shape index (κ3) is 5.92. The molecule has 0 bridgehead atoms. The van der Waals surface area contributed by atoms with Crippen LogP contribution in [0, 0.1) is 34.9 Å². The first-order valence-electron chi connectivity index (χ1n) is 13.8. The third-order valence-electron chi connectivity index (χ3n) is 7.00. The summed E-state index contributed by atoms with van der Waals surface area (Å²) in [5.74, 6) is -5.36. The van der Waals surface area contributed by atoms with E-state index in [2.05, 4.69) is 5.32 Å². The van der Waals surface area contributed by atoms with E-state index >= 15 is 17.6 Å². The van der Waals surface area contributed by atoms with Gasteiger partial charge in [0.1, 0.15) is 52.0 Å². The van der Waals surface area contributed by atoms with Gasteiger partial charge in [0.2, 0.25) is 0 Å². The number of nitrogens with one attached hydrogen (secondary N) is 1. The molecule has 6 aromatic carbocycles. The van der Waals surface area contributed by atoms with E-state index < -0.39 is 52.0 Å². The van der Waals surface area contributed by atoms with E-state index in [1.807, 2.05) is 0 Å². The fourth-order valence-electron chi connectivity index (χ4n) is 5.06. The molecule has 0 aliphatic heterocycles. The van der Waals surface area contributed by atoms with E-state index in [4.69, 9.17) is 0 Å². The van der Waals surface area contributed by atoms with Crippen LogP contribution in [-0.4, -0.2) is 0 Å². The highest BCUT2D eigenvalue weighted by Gasteiger charge is 2.25. The Labute approximate surface area is 255 Å². The first kappa shape index (κ1) is 29.4. The van der Waals surface area contributed by atoms with Crippen molar-refractivity contribution < 1.29 is 26.3 Å². The van der Waals surface area contributed by atoms with E-state index in [0.717, 1.165) is 36.4 Å². The van der Waals surface area contributed by atoms with Crippen LogP contribution in [0.2, 0.25) is 0 Å². The molecule has 0 radical (unpaired) electrons. The van der Waals surface area contributed by atoms with Crippen LogP contribution in [0.25, 0.3) is 0 Å². The highest BCUT2D eigenvalue weighted by molar-refractivity contribution is 5.87. The van der Waals surface area contributed by atoms with Gasteiger partial charge in [-0.05, 0) is 78.9 Å². The fourth-order valence-corrected chi connectivity index (χ4v) is 5.06. The Kier molecular flexibility index (Phi) is 8.16. The highest BCUT2D eigenvalue weighted by atomic mass is 19.2. The van der Waals surface area contributed by atoms with E-state index in [1.165, 1.54) is 46.2 Å². The predicted octanol–water partition coefficient (Wildman–Crippen LogP) is 11.2. The molecule has 3 nitrogen and oxygen atoms in total. The van der Waals surface area contributed by atoms with Gasteiger partial charge in [-0.3, -0.25) is 0 Å². The zero-order valence-corrected chi connectivity index (χ0v) is 23.4. The average Bonchev–Trinajstić information content (AvgIpc) is 3.03. The zero-order valence-electron chi connectivity index (χ0n) is 23.4. The molecular formula is C36H23F6N3. The quantitative estimate of drug-likeness (QED) is 0.173. The number of para-hydroxylation sites is 5. The molecule has 6 aromatic rings. The summed E-state index contributed by atoms with van der Waals surface area (Å²) in [5, 5.41) is 2.72. The molecule has 1 N–H and O–H groups in total. The lowest BCUT2D eigenvalue weighted by Crippen LogP contribution is -2.17. The maximum atomic E-state index is 15.4. The van der Waals surface area contributed by atoms with Gasteiger partial charge in [0, 0.05) is 17.1 Å². The van der Waals surface area contributed by atoms with Crippen LogP contribution in [0.1, 0.15) is 0 Å². The number of benzene rings is 6. The number of nitrogens with zero attached hydrogens (tertiary/aromatic N) is 2. The largest absolute Gasteiger partial charge is 0.351 e. The van der Waals surface area contributed by atoms with Crippen molar-refractivity contribution in [3.8, 4) is 0 Å². The third-order valence-corrected chi connectivity index (χ3v) is 7.00. The van der Waals surface area contributed by atoms with E-state index in [-0.39, 0.29) is 17.1 Å². The second-order valence-electron chi connectivity index (χ2n) is 9.94. The molecule has 0 aliphatic rings. The van der Waals surface area contributed by atoms with Crippen molar-refractivity contribution in [3.05, 3.63) is 168 Å². The summed E-state index contributed by atoms with van der Waals surface area (Å²) in [6.45, 7) is 0. The van der Waals surface area contributed by atoms with Gasteiger partial charge in [-0.1, -0.05) is 54.6 Å². The van der Waals surface area contributed by atoms with E-state index in [1.54, 1.807) is 60.7 Å². The highest BCUT2D eigenvalue weighted by Crippen LogP contribution is 2.45. The van der Waals surface area contributed by atoms with Gasteiger partial charge in [-0.2, -0.15) is 0 Å². The zero-order chi connectivity index (χ0) is 31.5. The Morgan fingerprint density at radius 1 is 0.356 bits per heavy atom. The molecule has 0 spiro atoms. The molecule has 0 amide bonds. The van der Waals surface area contributed by atoms with Gasteiger partial charge in [-0.25, -0.2) is 26.3 Å². The summed E-state index contributed by atoms with van der Waals surface area (Å²) in [6, 6.07) is 31.1. The maximum absolute atomic E-state index is 15.4. The molecule has 9 heteroatoms. The van der Waals surface area contributed by atoms with Gasteiger partial charge in [0.05, 0.1) is 11.4 Å². The van der Waals surface area contributed by atoms with Crippen molar-refractivity contribution >= 4 is 45.5 Å². The van der Waals surface area contributed by atoms with Crippen LogP contribution < -0.4 is 15.1 Å². The number of hydrogen-bond donors (Lipinski definition) is 1. The van der Waals surface area contributed by atoms with E-state index in [9.17, 15) is 8.78 Å². The van der Waals surface area contributed by atoms with Gasteiger partial charge in [-0.15, -0.1) is 0 Å². The molecule has 45 heavy (non-hydrogen) atoms. The molecule has 0 heterocycles. The first-order valence-corrected chi connectivity index (χ1v) is 13.8. The summed E-state index contributed by atoms with van der Waals surface area (Å²) in [7, 11) is 0. The van der Waals surface area contributed by atoms with Gasteiger partial charge in [0.15, 0.2) is 0 Å². The predicted molar refractivity (Wildman–Crippen MR) is 165 cm³/mol. The van der Waals surface area contributed by atoms with Crippen LogP contribution >= 0.6 is 0 Å². The summed E-state index contributed by atoms with van der Waals surface area (Å²) >= 11 is 0. The lowest BCUT2D eigenvalue weighted by Gasteiger charge is -2.30. The van der Waals surface area contributed by atoms with Crippen molar-refractivity contribution in [3.63, 3.8) is 0 Å². The number of rotatable bonds is 8. The normalized spacial score (nSPS) is 10.9. The minimum absolute atomic E-state index is 0.0573. The Hall–Kier alpha value is -5.70. The Morgan fingerprint density at radius 2 is 0.711 bits per heavy atom. The molecule has 6 rings (SSSR count). The minimum atomic E-state index is -0.901. The first-order chi connectivity index (χ1) is 21.8. The van der Waals surface area contributed by atoms with Gasteiger partial charge in [0.25, 0.3) is 0 Å². The summed E-state index contributed by atoms with van der Waals surface area (Å²) in [6.07, 6.45) is 0. The fraction of sp³-hybridized carbons (Fsp3) is 0. The SMILES string of the molecule is Fc1cccc(F)c1Nc1cc(N(c2ccccc2)c2c(F)cccc2F)cc(N(c2ccccc2)c2c(F)cccc2F)c1. The minimum Gasteiger partial charge on any atom is -0.351 e. The van der Waals surface area contributed by atoms with Crippen LogP contribution in [0.15, 0.2) is 133 Å². The molecular weight excluding hydrogens is 588 g/mol. The molecule has 0 saturated carbocycles. The molecule has 0 atom stereocenters. The van der Waals surface area contributed by atoms with Crippen molar-refractivity contribution in [2.75, 3.05) is 15.1 Å². The monoisotopic (exact) mass is 611 g/mol. The van der Waals surface area contributed by atoms with Crippen molar-refractivity contribution in [1.82, 2.24) is 0 Å². The second kappa shape index (κ2) is 12.5. The molecule has 0 fully saturated rings. The number of halogens is 6. The van der Waals surface area contributed by atoms with E-state index in [0.29, 0.717) is 11.4 Å². The van der Waals surface area contributed by atoms with Crippen LogP contribution in [0.3, 0.4) is 0 Å². The van der Waals surface area contributed by atoms with Crippen molar-refractivity contribution in [2.24, 2.45) is 0 Å². The van der Waals surface area contributed by atoms with Crippen molar-refractivity contribution in [1.29, 1.82) is 0 Å². The molecule has 0 saturated heterocycles. The average molecular weight is 612 g/mol. The van der Waals surface area contributed by atoms with Crippen LogP contribution in [0.5, 0.6) is 0 Å². The molecule has 0 aromatic heterocycles. The van der Waals surface area contributed by atoms with Crippen LogP contribution in [0.4, 0.5) is 71.8 Å². The number of anilines is 8. The lowest BCUT2D eigenvalue weighted by molar-refractivity contribution is 0.585. The summed E-state index contributed by atoms with van der Waals surface area (Å²) < 4.78 is 91.3. The molecule has 224 valence electrons. The molecule has 0 unspecified atom stereocenters. The topological polar surface area (TPSA) is 18.5 Å². The summed E-state index contributed by atoms with van der Waals surface area (Å²) in [5.41, 5.74) is -0.414. The standard InChI is InChI=1S/C36H23F6N3/c37-28-14-7-15-29(38)34(28)43-23-20-26(44(24-10-3-1-4-11-24)35-30(39)16-8-17-31(35)40)22-27(21-23)45(25-12-5-2-6-13-25)36-32(41)18-9-19-33(36)42/h1-22,43H. The Balaban J connectivity index is 1.66. The van der Waals surface area contributed by atoms with Gasteiger partial charge < -0.3 is 15.1 Å². The second-order valence-corrected chi connectivity index (χ2v) is 9.94. The summed E-state index contributed by atoms with van der Waals surface area (Å²) in [4.78, 5) is 2.55. The Morgan fingerprint density at radius 3 is 1.09 bits per heavy atom. The van der Waals surface area contributed by atoms with Gasteiger partial charge >= 0.3 is 0 Å². The molecule has 0 aliphatic carbocycles. The maximum Gasteiger partial charge on any atom is 0.150 e. The lowest BCUT2D eigenvalue weighted by atomic mass is 10.1. The Bertz CT molecular complexity index is 1790. The smallest absolute Gasteiger partial charge is 0.150 e.